The first-order chi connectivity index (χ1) is 7.61. The maximum absolute atomic E-state index is 11.6. The largest absolute Gasteiger partial charge is 0.352 e. The summed E-state index contributed by atoms with van der Waals surface area (Å²) in [6.07, 6.45) is 3.92. The summed E-state index contributed by atoms with van der Waals surface area (Å²) in [5.41, 5.74) is 5.79. The minimum absolute atomic E-state index is 0.00227. The lowest BCUT2D eigenvalue weighted by atomic mass is 10.1. The predicted molar refractivity (Wildman–Crippen MR) is 72.7 cm³/mol. The van der Waals surface area contributed by atoms with E-state index in [1.807, 2.05) is 18.7 Å². The van der Waals surface area contributed by atoms with Crippen molar-refractivity contribution in [2.45, 2.75) is 58.5 Å². The summed E-state index contributed by atoms with van der Waals surface area (Å²) in [4.78, 5) is 11.6. The lowest BCUT2D eigenvalue weighted by Crippen LogP contribution is -2.44. The molecule has 0 bridgehead atoms. The highest BCUT2D eigenvalue weighted by atomic mass is 32.2. The summed E-state index contributed by atoms with van der Waals surface area (Å²) in [5, 5.41) is 2.97. The number of nitrogens with one attached hydrogen (secondary N) is 1. The summed E-state index contributed by atoms with van der Waals surface area (Å²) in [5.74, 6) is 2.24. The van der Waals surface area contributed by atoms with Crippen molar-refractivity contribution in [3.8, 4) is 0 Å². The van der Waals surface area contributed by atoms with Crippen LogP contribution in [0.15, 0.2) is 0 Å². The van der Waals surface area contributed by atoms with Gasteiger partial charge < -0.3 is 11.1 Å². The third kappa shape index (κ3) is 7.99. The zero-order chi connectivity index (χ0) is 12.4. The van der Waals surface area contributed by atoms with Crippen molar-refractivity contribution in [1.82, 2.24) is 5.32 Å². The number of carbonyl (C=O) groups excluding carboxylic acids is 1. The summed E-state index contributed by atoms with van der Waals surface area (Å²) in [6, 6.07) is -0.0968. The molecule has 0 fully saturated rings. The molecule has 0 aromatic carbocycles. The van der Waals surface area contributed by atoms with Gasteiger partial charge >= 0.3 is 0 Å². The minimum Gasteiger partial charge on any atom is -0.352 e. The first-order valence-corrected chi connectivity index (χ1v) is 7.40. The summed E-state index contributed by atoms with van der Waals surface area (Å²) in [7, 11) is 0. The normalized spacial score (nSPS) is 14.5. The standard InChI is InChI=1S/C12H26N2OS/c1-4-6-7-11(13)12(15)14-10(3)8-9-16-5-2/h10-11H,4-9,13H2,1-3H3,(H,14,15)/t10?,11-/m0/s1. The van der Waals surface area contributed by atoms with Crippen LogP contribution in [-0.2, 0) is 4.79 Å². The number of rotatable bonds is 9. The van der Waals surface area contributed by atoms with Crippen LogP contribution < -0.4 is 11.1 Å². The van der Waals surface area contributed by atoms with Crippen molar-refractivity contribution in [3.05, 3.63) is 0 Å². The second-order valence-electron chi connectivity index (χ2n) is 4.14. The van der Waals surface area contributed by atoms with E-state index in [9.17, 15) is 4.79 Å². The van der Waals surface area contributed by atoms with Crippen LogP contribution in [-0.4, -0.2) is 29.5 Å². The van der Waals surface area contributed by atoms with Crippen molar-refractivity contribution >= 4 is 17.7 Å². The molecule has 1 unspecified atom stereocenters. The quantitative estimate of drug-likeness (QED) is 0.613. The first kappa shape index (κ1) is 15.8. The molecule has 0 aromatic heterocycles. The molecule has 4 heteroatoms. The van der Waals surface area contributed by atoms with Crippen LogP contribution in [0.5, 0.6) is 0 Å². The van der Waals surface area contributed by atoms with Crippen LogP contribution in [0.2, 0.25) is 0 Å². The fourth-order valence-corrected chi connectivity index (χ4v) is 2.19. The number of thioether (sulfide) groups is 1. The Labute approximate surface area is 104 Å². The van der Waals surface area contributed by atoms with Crippen molar-refractivity contribution in [3.63, 3.8) is 0 Å². The summed E-state index contributed by atoms with van der Waals surface area (Å²) in [6.45, 7) is 6.30. The predicted octanol–water partition coefficient (Wildman–Crippen LogP) is 2.15. The molecular weight excluding hydrogens is 220 g/mol. The Bertz CT molecular complexity index is 188. The van der Waals surface area contributed by atoms with Crippen LogP contribution in [0.4, 0.5) is 0 Å². The average molecular weight is 246 g/mol. The third-order valence-electron chi connectivity index (χ3n) is 2.49. The number of amides is 1. The number of hydrogen-bond donors (Lipinski definition) is 2. The van der Waals surface area contributed by atoms with Crippen LogP contribution in [0.1, 0.15) is 46.5 Å². The number of carbonyl (C=O) groups is 1. The van der Waals surface area contributed by atoms with Gasteiger partial charge in [0.1, 0.15) is 0 Å². The molecule has 0 rings (SSSR count). The van der Waals surface area contributed by atoms with Gasteiger partial charge in [-0.05, 0) is 31.3 Å². The molecule has 16 heavy (non-hydrogen) atoms. The molecule has 0 aromatic rings. The highest BCUT2D eigenvalue weighted by Crippen LogP contribution is 2.04. The number of hydrogen-bond acceptors (Lipinski definition) is 3. The van der Waals surface area contributed by atoms with Crippen LogP contribution in [0, 0.1) is 0 Å². The zero-order valence-electron chi connectivity index (χ0n) is 10.8. The van der Waals surface area contributed by atoms with Crippen molar-refractivity contribution in [1.29, 1.82) is 0 Å². The van der Waals surface area contributed by atoms with Gasteiger partial charge in [0, 0.05) is 6.04 Å². The molecule has 0 aliphatic heterocycles. The highest BCUT2D eigenvalue weighted by molar-refractivity contribution is 7.99. The van der Waals surface area contributed by atoms with Crippen molar-refractivity contribution in [2.24, 2.45) is 5.73 Å². The summed E-state index contributed by atoms with van der Waals surface area (Å²) < 4.78 is 0. The van der Waals surface area contributed by atoms with Crippen molar-refractivity contribution < 1.29 is 4.79 Å². The second kappa shape index (κ2) is 9.97. The van der Waals surface area contributed by atoms with Crippen LogP contribution in [0.3, 0.4) is 0 Å². The monoisotopic (exact) mass is 246 g/mol. The Morgan fingerprint density at radius 2 is 2.06 bits per heavy atom. The second-order valence-corrected chi connectivity index (χ2v) is 5.54. The molecule has 0 saturated heterocycles. The lowest BCUT2D eigenvalue weighted by molar-refractivity contribution is -0.123. The van der Waals surface area contributed by atoms with Crippen LogP contribution in [0.25, 0.3) is 0 Å². The van der Waals surface area contributed by atoms with Gasteiger partial charge in [0.25, 0.3) is 0 Å². The molecule has 0 aliphatic rings. The SMILES string of the molecule is CCCC[C@H](N)C(=O)NC(C)CCSCC. The minimum atomic E-state index is -0.332. The van der Waals surface area contributed by atoms with E-state index in [1.165, 1.54) is 0 Å². The lowest BCUT2D eigenvalue weighted by Gasteiger charge is -2.17. The Balaban J connectivity index is 3.67. The smallest absolute Gasteiger partial charge is 0.237 e. The molecule has 2 atom stereocenters. The van der Waals surface area contributed by atoms with Crippen molar-refractivity contribution in [2.75, 3.05) is 11.5 Å². The Hall–Kier alpha value is -0.220. The highest BCUT2D eigenvalue weighted by Gasteiger charge is 2.14. The Morgan fingerprint density at radius 3 is 2.62 bits per heavy atom. The topological polar surface area (TPSA) is 55.1 Å². The fraction of sp³-hybridized carbons (Fsp3) is 0.917. The van der Waals surface area contributed by atoms with Gasteiger partial charge in [0.15, 0.2) is 0 Å². The van der Waals surface area contributed by atoms with Gasteiger partial charge in [0.2, 0.25) is 5.91 Å². The van der Waals surface area contributed by atoms with E-state index in [0.717, 1.165) is 37.2 Å². The number of nitrogens with two attached hydrogens (primary N) is 1. The van der Waals surface area contributed by atoms with Gasteiger partial charge in [-0.3, -0.25) is 4.79 Å². The Kier molecular flexibility index (Phi) is 9.83. The molecule has 96 valence electrons. The van der Waals surface area contributed by atoms with E-state index < -0.39 is 0 Å². The molecule has 0 saturated carbocycles. The van der Waals surface area contributed by atoms with E-state index >= 15 is 0 Å². The average Bonchev–Trinajstić information content (AvgIpc) is 2.26. The van der Waals surface area contributed by atoms with Gasteiger partial charge in [-0.2, -0.15) is 11.8 Å². The van der Waals surface area contributed by atoms with E-state index in [4.69, 9.17) is 5.73 Å². The fourth-order valence-electron chi connectivity index (χ4n) is 1.38. The van der Waals surface area contributed by atoms with Gasteiger partial charge in [-0.25, -0.2) is 0 Å². The van der Waals surface area contributed by atoms with Gasteiger partial charge in [-0.15, -0.1) is 0 Å². The third-order valence-corrected chi connectivity index (χ3v) is 3.43. The molecule has 3 nitrogen and oxygen atoms in total. The van der Waals surface area contributed by atoms with Gasteiger partial charge in [-0.1, -0.05) is 26.7 Å². The van der Waals surface area contributed by atoms with E-state index in [-0.39, 0.29) is 18.0 Å². The first-order valence-electron chi connectivity index (χ1n) is 6.25. The molecule has 0 heterocycles. The van der Waals surface area contributed by atoms with E-state index in [1.54, 1.807) is 0 Å². The maximum Gasteiger partial charge on any atom is 0.237 e. The molecule has 0 radical (unpaired) electrons. The number of unbranched alkanes of at least 4 members (excludes halogenated alkanes) is 1. The zero-order valence-corrected chi connectivity index (χ0v) is 11.6. The maximum atomic E-state index is 11.6. The van der Waals surface area contributed by atoms with E-state index in [0.29, 0.717) is 0 Å². The molecule has 3 N–H and O–H groups in total. The molecule has 1 amide bonds. The summed E-state index contributed by atoms with van der Waals surface area (Å²) >= 11 is 1.90. The Morgan fingerprint density at radius 1 is 1.38 bits per heavy atom. The van der Waals surface area contributed by atoms with E-state index in [2.05, 4.69) is 19.2 Å². The molecule has 0 spiro atoms. The van der Waals surface area contributed by atoms with Crippen LogP contribution >= 0.6 is 11.8 Å². The van der Waals surface area contributed by atoms with Gasteiger partial charge in [0.05, 0.1) is 6.04 Å². The molecular formula is C12H26N2OS. The molecule has 0 aliphatic carbocycles.